The van der Waals surface area contributed by atoms with Gasteiger partial charge in [0.2, 0.25) is 5.91 Å². The van der Waals surface area contributed by atoms with Crippen LogP contribution in [-0.4, -0.2) is 20.6 Å². The van der Waals surface area contributed by atoms with Crippen molar-refractivity contribution in [3.63, 3.8) is 0 Å². The fraction of sp³-hybridized carbons (Fsp3) is 0.188. The van der Waals surface area contributed by atoms with Gasteiger partial charge in [-0.15, -0.1) is 0 Å². The molecule has 0 aromatic heterocycles. The first kappa shape index (κ1) is 16.2. The number of benzene rings is 2. The lowest BCUT2D eigenvalue weighted by atomic mass is 10.1. The highest BCUT2D eigenvalue weighted by molar-refractivity contribution is 7.90. The predicted octanol–water partition coefficient (Wildman–Crippen LogP) is 2.09. The lowest BCUT2D eigenvalue weighted by Crippen LogP contribution is -2.25. The molecule has 6 heteroatoms. The third kappa shape index (κ3) is 4.39. The molecular weight excluding hydrogens is 305 g/mol. The van der Waals surface area contributed by atoms with Crippen molar-refractivity contribution in [1.82, 2.24) is 5.32 Å². The quantitative estimate of drug-likeness (QED) is 0.917. The minimum atomic E-state index is -3.24. The van der Waals surface area contributed by atoms with Gasteiger partial charge >= 0.3 is 0 Å². The number of carbonyl (C=O) groups is 1. The molecule has 4 nitrogen and oxygen atoms in total. The molecule has 2 aromatic rings. The van der Waals surface area contributed by atoms with E-state index in [9.17, 15) is 17.6 Å². The average molecular weight is 321 g/mol. The Morgan fingerprint density at radius 2 is 1.73 bits per heavy atom. The van der Waals surface area contributed by atoms with E-state index in [0.717, 1.165) is 6.26 Å². The summed E-state index contributed by atoms with van der Waals surface area (Å²) in [6.07, 6.45) is 1.24. The summed E-state index contributed by atoms with van der Waals surface area (Å²) in [5, 5.41) is 2.64. The molecule has 0 radical (unpaired) electrons. The van der Waals surface area contributed by atoms with Gasteiger partial charge in [-0.2, -0.15) is 0 Å². The Balaban J connectivity index is 1.94. The summed E-state index contributed by atoms with van der Waals surface area (Å²) in [6.45, 7) is 0.118. The van der Waals surface area contributed by atoms with E-state index >= 15 is 0 Å². The SMILES string of the molecule is CS(=O)(=O)c1ccc(CC(=O)NCc2ccccc2F)cc1. The zero-order valence-corrected chi connectivity index (χ0v) is 12.9. The van der Waals surface area contributed by atoms with Gasteiger partial charge in [0.15, 0.2) is 9.84 Å². The molecule has 0 unspecified atom stereocenters. The van der Waals surface area contributed by atoms with Gasteiger partial charge in [0.25, 0.3) is 0 Å². The minimum Gasteiger partial charge on any atom is -0.352 e. The summed E-state index contributed by atoms with van der Waals surface area (Å²) in [6, 6.07) is 12.4. The number of amides is 1. The molecule has 2 rings (SSSR count). The Labute approximate surface area is 128 Å². The van der Waals surface area contributed by atoms with Crippen LogP contribution in [0.1, 0.15) is 11.1 Å². The molecule has 0 heterocycles. The predicted molar refractivity (Wildman–Crippen MR) is 81.5 cm³/mol. The molecule has 0 spiro atoms. The van der Waals surface area contributed by atoms with Gasteiger partial charge in [-0.1, -0.05) is 30.3 Å². The first-order valence-electron chi connectivity index (χ1n) is 6.65. The molecule has 1 amide bonds. The van der Waals surface area contributed by atoms with Crippen molar-refractivity contribution in [3.8, 4) is 0 Å². The van der Waals surface area contributed by atoms with Crippen LogP contribution in [-0.2, 0) is 27.6 Å². The second kappa shape index (κ2) is 6.70. The Morgan fingerprint density at radius 1 is 1.09 bits per heavy atom. The van der Waals surface area contributed by atoms with Crippen LogP contribution in [0, 0.1) is 5.82 Å². The van der Waals surface area contributed by atoms with Crippen LogP contribution in [0.2, 0.25) is 0 Å². The zero-order chi connectivity index (χ0) is 16.2. The Kier molecular flexibility index (Phi) is 4.92. The molecule has 0 aliphatic carbocycles. The smallest absolute Gasteiger partial charge is 0.224 e. The first-order valence-corrected chi connectivity index (χ1v) is 8.54. The third-order valence-corrected chi connectivity index (χ3v) is 4.28. The highest BCUT2D eigenvalue weighted by Gasteiger charge is 2.09. The van der Waals surface area contributed by atoms with Crippen molar-refractivity contribution in [2.75, 3.05) is 6.26 Å². The average Bonchev–Trinajstić information content (AvgIpc) is 2.46. The van der Waals surface area contributed by atoms with Gasteiger partial charge in [0.05, 0.1) is 11.3 Å². The fourth-order valence-corrected chi connectivity index (χ4v) is 2.57. The van der Waals surface area contributed by atoms with E-state index in [4.69, 9.17) is 0 Å². The van der Waals surface area contributed by atoms with Crippen molar-refractivity contribution in [3.05, 3.63) is 65.5 Å². The van der Waals surface area contributed by atoms with Gasteiger partial charge in [-0.25, -0.2) is 12.8 Å². The summed E-state index contributed by atoms with van der Waals surface area (Å²) in [4.78, 5) is 12.0. The van der Waals surface area contributed by atoms with Crippen LogP contribution in [0.3, 0.4) is 0 Å². The van der Waals surface area contributed by atoms with Crippen LogP contribution in [0.15, 0.2) is 53.4 Å². The summed E-state index contributed by atoms with van der Waals surface area (Å²) >= 11 is 0. The maximum absolute atomic E-state index is 13.4. The van der Waals surface area contributed by atoms with Gasteiger partial charge in [0.1, 0.15) is 5.82 Å². The zero-order valence-electron chi connectivity index (χ0n) is 12.0. The number of sulfone groups is 1. The molecule has 0 saturated heterocycles. The third-order valence-electron chi connectivity index (χ3n) is 3.15. The summed E-state index contributed by atoms with van der Waals surface area (Å²) < 4.78 is 36.1. The first-order chi connectivity index (χ1) is 10.4. The number of hydrogen-bond acceptors (Lipinski definition) is 3. The monoisotopic (exact) mass is 321 g/mol. The number of halogens is 1. The van der Waals surface area contributed by atoms with Crippen molar-refractivity contribution >= 4 is 15.7 Å². The van der Waals surface area contributed by atoms with Crippen molar-refractivity contribution in [2.45, 2.75) is 17.9 Å². The van der Waals surface area contributed by atoms with Crippen LogP contribution in [0.5, 0.6) is 0 Å². The standard InChI is InChI=1S/C16H16FNO3S/c1-22(20,21)14-8-6-12(7-9-14)10-16(19)18-11-13-4-2-3-5-15(13)17/h2-9H,10-11H2,1H3,(H,18,19). The topological polar surface area (TPSA) is 63.2 Å². The van der Waals surface area contributed by atoms with E-state index in [2.05, 4.69) is 5.32 Å². The van der Waals surface area contributed by atoms with E-state index in [-0.39, 0.29) is 29.6 Å². The van der Waals surface area contributed by atoms with E-state index in [1.54, 1.807) is 30.3 Å². The normalized spacial score (nSPS) is 11.2. The minimum absolute atomic E-state index is 0.110. The number of hydrogen-bond donors (Lipinski definition) is 1. The number of nitrogens with one attached hydrogen (secondary N) is 1. The van der Waals surface area contributed by atoms with Gasteiger partial charge in [-0.05, 0) is 23.8 Å². The number of carbonyl (C=O) groups excluding carboxylic acids is 1. The Morgan fingerprint density at radius 3 is 2.32 bits per heavy atom. The molecule has 116 valence electrons. The maximum Gasteiger partial charge on any atom is 0.224 e. The second-order valence-corrected chi connectivity index (χ2v) is 6.98. The molecule has 22 heavy (non-hydrogen) atoms. The molecule has 1 N–H and O–H groups in total. The van der Waals surface area contributed by atoms with Crippen LogP contribution in [0.4, 0.5) is 4.39 Å². The lowest BCUT2D eigenvalue weighted by molar-refractivity contribution is -0.120. The molecule has 0 aliphatic heterocycles. The van der Waals surface area contributed by atoms with Crippen molar-refractivity contribution in [2.24, 2.45) is 0 Å². The van der Waals surface area contributed by atoms with Gasteiger partial charge < -0.3 is 5.32 Å². The molecule has 0 bridgehead atoms. The van der Waals surface area contributed by atoms with E-state index < -0.39 is 9.84 Å². The second-order valence-electron chi connectivity index (χ2n) is 4.96. The Hall–Kier alpha value is -2.21. The summed E-state index contributed by atoms with van der Waals surface area (Å²) in [5.41, 5.74) is 1.11. The van der Waals surface area contributed by atoms with E-state index in [1.807, 2.05) is 0 Å². The highest BCUT2D eigenvalue weighted by Crippen LogP contribution is 2.11. The van der Waals surface area contributed by atoms with Gasteiger partial charge in [0, 0.05) is 18.4 Å². The van der Waals surface area contributed by atoms with Gasteiger partial charge in [-0.3, -0.25) is 4.79 Å². The molecule has 0 saturated carbocycles. The highest BCUT2D eigenvalue weighted by atomic mass is 32.2. The number of rotatable bonds is 5. The van der Waals surface area contributed by atoms with Crippen LogP contribution in [0.25, 0.3) is 0 Å². The fourth-order valence-electron chi connectivity index (χ4n) is 1.94. The lowest BCUT2D eigenvalue weighted by Gasteiger charge is -2.07. The van der Waals surface area contributed by atoms with Crippen LogP contribution < -0.4 is 5.32 Å². The van der Waals surface area contributed by atoms with Crippen molar-refractivity contribution in [1.29, 1.82) is 0 Å². The van der Waals surface area contributed by atoms with E-state index in [0.29, 0.717) is 11.1 Å². The molecule has 0 aliphatic rings. The largest absolute Gasteiger partial charge is 0.352 e. The Bertz CT molecular complexity index is 770. The summed E-state index contributed by atoms with van der Waals surface area (Å²) in [5.74, 6) is -0.615. The molecular formula is C16H16FNO3S. The molecule has 2 aromatic carbocycles. The maximum atomic E-state index is 13.4. The molecule has 0 fully saturated rings. The summed E-state index contributed by atoms with van der Waals surface area (Å²) in [7, 11) is -3.24. The van der Waals surface area contributed by atoms with Crippen LogP contribution >= 0.6 is 0 Å². The molecule has 0 atom stereocenters. The van der Waals surface area contributed by atoms with Crippen molar-refractivity contribution < 1.29 is 17.6 Å². The van der Waals surface area contributed by atoms with E-state index in [1.165, 1.54) is 18.2 Å².